The first kappa shape index (κ1) is 17.0. The second kappa shape index (κ2) is 7.83. The molecule has 7 heteroatoms. The van der Waals surface area contributed by atoms with E-state index in [-0.39, 0.29) is 18.7 Å². The number of rotatable bonds is 6. The second-order valence-corrected chi connectivity index (χ2v) is 6.28. The summed E-state index contributed by atoms with van der Waals surface area (Å²) in [6.07, 6.45) is 0.984. The number of nitrogens with zero attached hydrogens (tertiary/aromatic N) is 6. The summed E-state index contributed by atoms with van der Waals surface area (Å²) in [5.74, 6) is 0.865. The van der Waals surface area contributed by atoms with Crippen molar-refractivity contribution in [3.05, 3.63) is 36.2 Å². The number of tetrazole rings is 1. The van der Waals surface area contributed by atoms with Crippen LogP contribution in [0.15, 0.2) is 30.3 Å². The smallest absolute Gasteiger partial charge is 0.173 e. The molecule has 1 aliphatic rings. The molecule has 2 atom stereocenters. The minimum atomic E-state index is 0.150. The third-order valence-electron chi connectivity index (χ3n) is 4.96. The van der Waals surface area contributed by atoms with Gasteiger partial charge in [-0.15, -0.1) is 5.10 Å². The lowest BCUT2D eigenvalue weighted by molar-refractivity contribution is 0.0466. The van der Waals surface area contributed by atoms with Crippen molar-refractivity contribution < 1.29 is 5.11 Å². The Morgan fingerprint density at radius 2 is 1.75 bits per heavy atom. The summed E-state index contributed by atoms with van der Waals surface area (Å²) in [5, 5.41) is 21.8. The first-order valence-electron chi connectivity index (χ1n) is 8.67. The first-order valence-corrected chi connectivity index (χ1v) is 8.67. The molecule has 0 amide bonds. The fraction of sp³-hybridized carbons (Fsp3) is 0.588. The molecule has 1 aromatic carbocycles. The van der Waals surface area contributed by atoms with Crippen LogP contribution in [0.25, 0.3) is 5.69 Å². The van der Waals surface area contributed by atoms with Gasteiger partial charge in [-0.05, 0) is 35.9 Å². The van der Waals surface area contributed by atoms with E-state index in [0.717, 1.165) is 44.1 Å². The third kappa shape index (κ3) is 3.48. The van der Waals surface area contributed by atoms with E-state index < -0.39 is 0 Å². The Kier molecular flexibility index (Phi) is 5.55. The molecule has 130 valence electrons. The van der Waals surface area contributed by atoms with Crippen LogP contribution in [0.4, 0.5) is 0 Å². The van der Waals surface area contributed by atoms with Gasteiger partial charge in [0.15, 0.2) is 5.82 Å². The molecule has 1 aliphatic heterocycles. The summed E-state index contributed by atoms with van der Waals surface area (Å²) in [6, 6.07) is 10.4. The molecule has 0 spiro atoms. The normalized spacial score (nSPS) is 19.3. The zero-order chi connectivity index (χ0) is 16.9. The second-order valence-electron chi connectivity index (χ2n) is 6.28. The number of hydrogen-bond acceptors (Lipinski definition) is 6. The third-order valence-corrected chi connectivity index (χ3v) is 4.96. The Bertz CT molecular complexity index is 619. The standard InChI is InChI=1S/C17H26N6O/c1-3-15(13-24)22-11-9-21(10-12-22)14(2)17-18-19-20-23(17)16-7-5-4-6-8-16/h4-8,14-15,24H,3,9-13H2,1-2H3/t14-,15+/m0/s1. The maximum absolute atomic E-state index is 9.48. The molecule has 0 saturated carbocycles. The van der Waals surface area contributed by atoms with E-state index in [4.69, 9.17) is 0 Å². The van der Waals surface area contributed by atoms with Gasteiger partial charge in [0.05, 0.1) is 18.3 Å². The molecule has 0 aliphatic carbocycles. The highest BCUT2D eigenvalue weighted by Gasteiger charge is 2.28. The van der Waals surface area contributed by atoms with E-state index in [1.54, 1.807) is 0 Å². The lowest BCUT2D eigenvalue weighted by atomic mass is 10.1. The van der Waals surface area contributed by atoms with Crippen LogP contribution in [0.3, 0.4) is 0 Å². The van der Waals surface area contributed by atoms with Crippen LogP contribution in [-0.4, -0.2) is 73.9 Å². The lowest BCUT2D eigenvalue weighted by Crippen LogP contribution is -2.51. The average molecular weight is 330 g/mol. The molecule has 1 N–H and O–H groups in total. The van der Waals surface area contributed by atoms with E-state index in [2.05, 4.69) is 39.2 Å². The summed E-state index contributed by atoms with van der Waals surface area (Å²) >= 11 is 0. The predicted octanol–water partition coefficient (Wildman–Crippen LogP) is 1.11. The lowest BCUT2D eigenvalue weighted by Gasteiger charge is -2.40. The highest BCUT2D eigenvalue weighted by Crippen LogP contribution is 2.22. The minimum Gasteiger partial charge on any atom is -0.395 e. The van der Waals surface area contributed by atoms with Gasteiger partial charge in [-0.25, -0.2) is 0 Å². The first-order chi connectivity index (χ1) is 11.7. The van der Waals surface area contributed by atoms with Crippen LogP contribution in [0.1, 0.15) is 32.1 Å². The molecule has 7 nitrogen and oxygen atoms in total. The molecular weight excluding hydrogens is 304 g/mol. The SMILES string of the molecule is CC[C@H](CO)N1CCN([C@@H](C)c2nnnn2-c2ccccc2)CC1. The van der Waals surface area contributed by atoms with Gasteiger partial charge in [0.1, 0.15) is 0 Å². The van der Waals surface area contributed by atoms with Gasteiger partial charge in [-0.3, -0.25) is 9.80 Å². The van der Waals surface area contributed by atoms with E-state index in [9.17, 15) is 5.11 Å². The molecule has 0 unspecified atom stereocenters. The summed E-state index contributed by atoms with van der Waals surface area (Å²) in [6.45, 7) is 8.37. The molecule has 1 aromatic heterocycles. The van der Waals surface area contributed by atoms with Crippen molar-refractivity contribution in [2.75, 3.05) is 32.8 Å². The Balaban J connectivity index is 1.69. The summed E-state index contributed by atoms with van der Waals surface area (Å²) in [7, 11) is 0. The van der Waals surface area contributed by atoms with E-state index in [1.165, 1.54) is 0 Å². The molecule has 2 aromatic rings. The van der Waals surface area contributed by atoms with Gasteiger partial charge < -0.3 is 5.11 Å². The van der Waals surface area contributed by atoms with Gasteiger partial charge in [-0.1, -0.05) is 25.1 Å². The van der Waals surface area contributed by atoms with Gasteiger partial charge >= 0.3 is 0 Å². The van der Waals surface area contributed by atoms with Crippen molar-refractivity contribution in [1.82, 2.24) is 30.0 Å². The molecule has 2 heterocycles. The van der Waals surface area contributed by atoms with Crippen LogP contribution < -0.4 is 0 Å². The number of aromatic nitrogens is 4. The van der Waals surface area contributed by atoms with Crippen molar-refractivity contribution in [1.29, 1.82) is 0 Å². The van der Waals surface area contributed by atoms with Crippen LogP contribution >= 0.6 is 0 Å². The number of aliphatic hydroxyl groups excluding tert-OH is 1. The Labute approximate surface area is 142 Å². The zero-order valence-electron chi connectivity index (χ0n) is 14.4. The summed E-state index contributed by atoms with van der Waals surface area (Å²) in [5.41, 5.74) is 0.981. The van der Waals surface area contributed by atoms with Crippen LogP contribution in [0.5, 0.6) is 0 Å². The van der Waals surface area contributed by atoms with Crippen molar-refractivity contribution in [3.63, 3.8) is 0 Å². The molecule has 24 heavy (non-hydrogen) atoms. The predicted molar refractivity (Wildman–Crippen MR) is 91.9 cm³/mol. The topological polar surface area (TPSA) is 70.3 Å². The van der Waals surface area contributed by atoms with E-state index in [1.807, 2.05) is 35.0 Å². The van der Waals surface area contributed by atoms with E-state index in [0.29, 0.717) is 0 Å². The van der Waals surface area contributed by atoms with Crippen LogP contribution in [0.2, 0.25) is 0 Å². The monoisotopic (exact) mass is 330 g/mol. The maximum Gasteiger partial charge on any atom is 0.173 e. The largest absolute Gasteiger partial charge is 0.395 e. The Morgan fingerprint density at radius 1 is 1.08 bits per heavy atom. The maximum atomic E-state index is 9.48. The molecule has 1 saturated heterocycles. The quantitative estimate of drug-likeness (QED) is 0.856. The summed E-state index contributed by atoms with van der Waals surface area (Å²) < 4.78 is 1.82. The van der Waals surface area contributed by atoms with Gasteiger partial charge in [-0.2, -0.15) is 4.68 Å². The summed E-state index contributed by atoms with van der Waals surface area (Å²) in [4.78, 5) is 4.79. The number of benzene rings is 1. The molecule has 3 rings (SSSR count). The highest BCUT2D eigenvalue weighted by molar-refractivity contribution is 5.30. The Hall–Kier alpha value is -1.83. The highest BCUT2D eigenvalue weighted by atomic mass is 16.3. The fourth-order valence-corrected chi connectivity index (χ4v) is 3.36. The van der Waals surface area contributed by atoms with Crippen molar-refractivity contribution >= 4 is 0 Å². The van der Waals surface area contributed by atoms with Gasteiger partial charge in [0, 0.05) is 32.2 Å². The number of para-hydroxylation sites is 1. The number of aliphatic hydroxyl groups is 1. The molecular formula is C17H26N6O. The Morgan fingerprint density at radius 3 is 2.38 bits per heavy atom. The number of hydrogen-bond donors (Lipinski definition) is 1. The van der Waals surface area contributed by atoms with Crippen LogP contribution in [-0.2, 0) is 0 Å². The van der Waals surface area contributed by atoms with E-state index >= 15 is 0 Å². The molecule has 1 fully saturated rings. The average Bonchev–Trinajstić information content (AvgIpc) is 3.13. The minimum absolute atomic E-state index is 0.150. The van der Waals surface area contributed by atoms with Crippen LogP contribution in [0, 0.1) is 0 Å². The molecule has 0 radical (unpaired) electrons. The van der Waals surface area contributed by atoms with Crippen molar-refractivity contribution in [2.24, 2.45) is 0 Å². The molecule has 0 bridgehead atoms. The van der Waals surface area contributed by atoms with Crippen molar-refractivity contribution in [2.45, 2.75) is 32.4 Å². The fourth-order valence-electron chi connectivity index (χ4n) is 3.36. The van der Waals surface area contributed by atoms with Crippen molar-refractivity contribution in [3.8, 4) is 5.69 Å². The number of piperazine rings is 1. The van der Waals surface area contributed by atoms with Gasteiger partial charge in [0.25, 0.3) is 0 Å². The van der Waals surface area contributed by atoms with Gasteiger partial charge in [0.2, 0.25) is 0 Å². The zero-order valence-corrected chi connectivity index (χ0v) is 14.4.